The molecule has 1 saturated carbocycles. The number of benzene rings is 1. The van der Waals surface area contributed by atoms with Gasteiger partial charge in [-0.15, -0.1) is 0 Å². The van der Waals surface area contributed by atoms with Gasteiger partial charge in [-0.1, -0.05) is 17.7 Å². The molecule has 1 aromatic carbocycles. The van der Waals surface area contributed by atoms with Crippen LogP contribution in [0.4, 0.5) is 19.1 Å². The van der Waals surface area contributed by atoms with E-state index in [1.165, 1.54) is 0 Å². The van der Waals surface area contributed by atoms with Crippen LogP contribution in [-0.2, 0) is 6.18 Å². The van der Waals surface area contributed by atoms with Gasteiger partial charge in [-0.05, 0) is 49.8 Å². The fraction of sp³-hybridized carbons (Fsp3) is 0.375. The van der Waals surface area contributed by atoms with Gasteiger partial charge in [-0.25, -0.2) is 19.9 Å². The number of carbonyl (C=O) groups is 1. The first-order chi connectivity index (χ1) is 16.2. The zero-order valence-corrected chi connectivity index (χ0v) is 18.5. The number of nitrogens with one attached hydrogen (secondary N) is 1. The number of amides is 1. The summed E-state index contributed by atoms with van der Waals surface area (Å²) in [4.78, 5) is 31.7. The van der Waals surface area contributed by atoms with Gasteiger partial charge >= 0.3 is 6.18 Å². The molecule has 0 radical (unpaired) electrons. The Morgan fingerprint density at radius 3 is 2.62 bits per heavy atom. The number of rotatable bonds is 5. The first kappa shape index (κ1) is 22.2. The Hall–Kier alpha value is -3.56. The fourth-order valence-corrected chi connectivity index (χ4v) is 4.56. The minimum Gasteiger partial charge on any atom is -0.352 e. The molecular weight excluding hydrogens is 445 g/mol. The predicted molar refractivity (Wildman–Crippen MR) is 119 cm³/mol. The van der Waals surface area contributed by atoms with Crippen LogP contribution in [0, 0.1) is 12.3 Å². The van der Waals surface area contributed by atoms with Crippen molar-refractivity contribution in [3.8, 4) is 11.4 Å². The first-order valence-corrected chi connectivity index (χ1v) is 11.1. The molecule has 2 aliphatic rings. The van der Waals surface area contributed by atoms with E-state index in [-0.39, 0.29) is 29.9 Å². The third-order valence-electron chi connectivity index (χ3n) is 6.49. The van der Waals surface area contributed by atoms with E-state index < -0.39 is 11.9 Å². The van der Waals surface area contributed by atoms with Crippen LogP contribution in [0.5, 0.6) is 0 Å². The van der Waals surface area contributed by atoms with Crippen LogP contribution >= 0.6 is 0 Å². The molecule has 10 heteroatoms. The Kier molecular flexibility index (Phi) is 5.45. The summed E-state index contributed by atoms with van der Waals surface area (Å²) in [5.74, 6) is 0.234. The average molecular weight is 468 g/mol. The second-order valence-electron chi connectivity index (χ2n) is 9.06. The van der Waals surface area contributed by atoms with Crippen molar-refractivity contribution in [2.75, 3.05) is 18.4 Å². The smallest absolute Gasteiger partial charge is 0.352 e. The molecule has 0 bridgehead atoms. The van der Waals surface area contributed by atoms with E-state index in [9.17, 15) is 18.0 Å². The number of halogens is 3. The summed E-state index contributed by atoms with van der Waals surface area (Å²) < 4.78 is 39.0. The lowest BCUT2D eigenvalue weighted by molar-refractivity contribution is -0.141. The van der Waals surface area contributed by atoms with Gasteiger partial charge in [0.15, 0.2) is 5.82 Å². The molecule has 1 spiro atoms. The zero-order valence-electron chi connectivity index (χ0n) is 18.5. The number of nitrogens with zero attached hydrogens (tertiary/aromatic N) is 5. The van der Waals surface area contributed by atoms with E-state index >= 15 is 0 Å². The van der Waals surface area contributed by atoms with Gasteiger partial charge in [0.2, 0.25) is 5.95 Å². The monoisotopic (exact) mass is 468 g/mol. The third kappa shape index (κ3) is 4.44. The van der Waals surface area contributed by atoms with Crippen LogP contribution in [0.25, 0.3) is 11.4 Å². The number of hydrogen-bond donors (Lipinski definition) is 1. The number of aryl methyl sites for hydroxylation is 1. The van der Waals surface area contributed by atoms with Crippen molar-refractivity contribution in [1.29, 1.82) is 0 Å². The molecule has 1 amide bonds. The topological polar surface area (TPSA) is 83.9 Å². The largest absolute Gasteiger partial charge is 0.433 e. The van der Waals surface area contributed by atoms with E-state index in [1.54, 1.807) is 18.5 Å². The lowest BCUT2D eigenvalue weighted by Gasteiger charge is -2.26. The maximum absolute atomic E-state index is 13.8. The van der Waals surface area contributed by atoms with E-state index in [0.717, 1.165) is 37.1 Å². The van der Waals surface area contributed by atoms with Crippen LogP contribution in [0.3, 0.4) is 0 Å². The van der Waals surface area contributed by atoms with Gasteiger partial charge in [-0.3, -0.25) is 4.79 Å². The number of anilines is 1. The molecule has 3 aromatic rings. The number of carbonyl (C=O) groups excluding carboxylic acids is 1. The summed E-state index contributed by atoms with van der Waals surface area (Å²) in [7, 11) is 0. The standard InChI is InChI=1S/C24H23F3N6O/c1-15-3-4-17(20-28-8-2-9-29-20)18(11-15)21(34)33-14-23(6-7-23)12-16(33)13-31-22-30-10-5-19(32-22)24(25,26)27/h2-5,8-11,16H,6-7,12-14H2,1H3,(H,30,31,32). The van der Waals surface area contributed by atoms with Crippen molar-refractivity contribution in [3.05, 3.63) is 65.7 Å². The van der Waals surface area contributed by atoms with Crippen molar-refractivity contribution in [2.24, 2.45) is 5.41 Å². The molecule has 3 heterocycles. The van der Waals surface area contributed by atoms with Crippen molar-refractivity contribution >= 4 is 11.9 Å². The molecule has 2 aromatic heterocycles. The average Bonchev–Trinajstić information content (AvgIpc) is 3.48. The molecule has 5 rings (SSSR count). The van der Waals surface area contributed by atoms with Crippen LogP contribution in [-0.4, -0.2) is 49.9 Å². The van der Waals surface area contributed by atoms with Crippen LogP contribution in [0.1, 0.15) is 40.9 Å². The number of aromatic nitrogens is 4. The second kappa shape index (κ2) is 8.34. The Morgan fingerprint density at radius 1 is 1.15 bits per heavy atom. The molecule has 176 valence electrons. The highest BCUT2D eigenvalue weighted by Crippen LogP contribution is 2.55. The third-order valence-corrected chi connectivity index (χ3v) is 6.49. The highest BCUT2D eigenvalue weighted by molar-refractivity contribution is 6.00. The van der Waals surface area contributed by atoms with Crippen LogP contribution < -0.4 is 5.32 Å². The van der Waals surface area contributed by atoms with Crippen molar-refractivity contribution in [2.45, 2.75) is 38.4 Å². The molecule has 34 heavy (non-hydrogen) atoms. The van der Waals surface area contributed by atoms with Crippen molar-refractivity contribution in [1.82, 2.24) is 24.8 Å². The van der Waals surface area contributed by atoms with Gasteiger partial charge in [0, 0.05) is 43.3 Å². The number of alkyl halides is 3. The highest BCUT2D eigenvalue weighted by atomic mass is 19.4. The summed E-state index contributed by atoms with van der Waals surface area (Å²) in [6.07, 6.45) is 2.66. The number of likely N-dealkylation sites (tertiary alicyclic amines) is 1. The fourth-order valence-electron chi connectivity index (χ4n) is 4.56. The summed E-state index contributed by atoms with van der Waals surface area (Å²) in [6.45, 7) is 2.80. The first-order valence-electron chi connectivity index (χ1n) is 11.1. The summed E-state index contributed by atoms with van der Waals surface area (Å²) in [5, 5.41) is 2.92. The van der Waals surface area contributed by atoms with Gasteiger partial charge in [0.25, 0.3) is 5.91 Å². The SMILES string of the molecule is Cc1ccc(-c2ncccn2)c(C(=O)N2CC3(CC3)CC2CNc2nccc(C(F)(F)F)n2)c1. The predicted octanol–water partition coefficient (Wildman–Crippen LogP) is 4.37. The molecule has 1 unspecified atom stereocenters. The van der Waals surface area contributed by atoms with Gasteiger partial charge in [0.1, 0.15) is 5.69 Å². The van der Waals surface area contributed by atoms with E-state index in [4.69, 9.17) is 0 Å². The van der Waals surface area contributed by atoms with E-state index in [0.29, 0.717) is 23.5 Å². The minimum atomic E-state index is -4.55. The number of hydrogen-bond acceptors (Lipinski definition) is 6. The molecule has 1 saturated heterocycles. The molecule has 1 aliphatic carbocycles. The summed E-state index contributed by atoms with van der Waals surface area (Å²) in [6, 6.07) is 7.96. The lowest BCUT2D eigenvalue weighted by atomic mass is 10.0. The van der Waals surface area contributed by atoms with Crippen LogP contribution in [0.2, 0.25) is 0 Å². The van der Waals surface area contributed by atoms with Gasteiger partial charge in [-0.2, -0.15) is 13.2 Å². The lowest BCUT2D eigenvalue weighted by Crippen LogP contribution is -2.40. The Morgan fingerprint density at radius 2 is 1.91 bits per heavy atom. The van der Waals surface area contributed by atoms with Gasteiger partial charge < -0.3 is 10.2 Å². The molecule has 1 N–H and O–H groups in total. The highest BCUT2D eigenvalue weighted by Gasteiger charge is 2.53. The molecular formula is C24H23F3N6O. The molecule has 1 atom stereocenters. The van der Waals surface area contributed by atoms with Crippen molar-refractivity contribution in [3.63, 3.8) is 0 Å². The van der Waals surface area contributed by atoms with Gasteiger partial charge in [0.05, 0.1) is 5.56 Å². The van der Waals surface area contributed by atoms with E-state index in [2.05, 4.69) is 25.3 Å². The Labute approximate surface area is 194 Å². The second-order valence-corrected chi connectivity index (χ2v) is 9.06. The maximum atomic E-state index is 13.8. The van der Waals surface area contributed by atoms with Crippen LogP contribution in [0.15, 0.2) is 48.9 Å². The Balaban J connectivity index is 1.40. The molecule has 7 nitrogen and oxygen atoms in total. The molecule has 1 aliphatic heterocycles. The summed E-state index contributed by atoms with van der Waals surface area (Å²) in [5.41, 5.74) is 1.19. The quantitative estimate of drug-likeness (QED) is 0.599. The zero-order chi connectivity index (χ0) is 23.9. The molecule has 2 fully saturated rings. The Bertz CT molecular complexity index is 1210. The normalized spacial score (nSPS) is 18.8. The van der Waals surface area contributed by atoms with Crippen molar-refractivity contribution < 1.29 is 18.0 Å². The summed E-state index contributed by atoms with van der Waals surface area (Å²) >= 11 is 0. The minimum absolute atomic E-state index is 0.0872. The van der Waals surface area contributed by atoms with E-state index in [1.807, 2.05) is 30.0 Å². The maximum Gasteiger partial charge on any atom is 0.433 e.